The molecule has 270 valence electrons. The molecule has 4 fully saturated rings. The molecule has 2 saturated heterocycles. The predicted molar refractivity (Wildman–Crippen MR) is 181 cm³/mol. The standard InChI is InChI=1S/C39H55NO9/c1-22(25-14-10-8-11-15-25)32(49-29(42)20-40-16-12-9-13-17-40)35(45)48-26-19-39(46)24(3)33-37(6)21-47-28(37)18-27(41)38(33,7)34(44)31(43)30(23(26)2)36(39,4)5/h8,10-11,14-15,22,24,26-28,31-33,41,43,46H,9,12-13,16-21H2,1-7H3/t22-,24-,26-,27-,28+,31+,32+,33?,37+,38+,39+/m0/s1. The highest BCUT2D eigenvalue weighted by atomic mass is 16.6. The van der Waals surface area contributed by atoms with Gasteiger partial charge in [0.25, 0.3) is 0 Å². The van der Waals surface area contributed by atoms with Gasteiger partial charge < -0.3 is 29.5 Å². The molecule has 3 aliphatic carbocycles. The summed E-state index contributed by atoms with van der Waals surface area (Å²) >= 11 is 0. The summed E-state index contributed by atoms with van der Waals surface area (Å²) in [4.78, 5) is 44.1. The number of ketones is 1. The third-order valence-electron chi connectivity index (χ3n) is 13.6. The van der Waals surface area contributed by atoms with E-state index in [9.17, 15) is 29.7 Å². The molecule has 3 N–H and O–H groups in total. The van der Waals surface area contributed by atoms with Crippen LogP contribution in [0, 0.1) is 28.1 Å². The monoisotopic (exact) mass is 681 g/mol. The first-order chi connectivity index (χ1) is 23.0. The molecule has 0 aromatic heterocycles. The van der Waals surface area contributed by atoms with Gasteiger partial charge in [0.1, 0.15) is 12.2 Å². The maximum Gasteiger partial charge on any atom is 0.348 e. The second kappa shape index (κ2) is 12.9. The molecule has 0 amide bonds. The maximum absolute atomic E-state index is 14.5. The third kappa shape index (κ3) is 5.61. The average molecular weight is 682 g/mol. The van der Waals surface area contributed by atoms with Crippen LogP contribution in [0.15, 0.2) is 41.5 Å². The molecule has 0 radical (unpaired) electrons. The van der Waals surface area contributed by atoms with Gasteiger partial charge in [0.05, 0.1) is 36.4 Å². The van der Waals surface area contributed by atoms with Crippen LogP contribution in [0.2, 0.25) is 0 Å². The fourth-order valence-electron chi connectivity index (χ4n) is 10.5. The number of rotatable bonds is 7. The number of hydrogen-bond acceptors (Lipinski definition) is 10. The van der Waals surface area contributed by atoms with E-state index in [0.29, 0.717) is 17.8 Å². The minimum atomic E-state index is -1.64. The van der Waals surface area contributed by atoms with Crippen LogP contribution in [0.5, 0.6) is 0 Å². The zero-order chi connectivity index (χ0) is 35.7. The van der Waals surface area contributed by atoms with Gasteiger partial charge in [-0.3, -0.25) is 14.5 Å². The van der Waals surface area contributed by atoms with Crippen LogP contribution in [-0.4, -0.2) is 100 Å². The van der Waals surface area contributed by atoms with E-state index in [1.54, 1.807) is 13.8 Å². The Balaban J connectivity index is 1.36. The van der Waals surface area contributed by atoms with Gasteiger partial charge in [-0.05, 0) is 68.3 Å². The normalized spacial score (nSPS) is 40.1. The lowest BCUT2D eigenvalue weighted by Crippen LogP contribution is -2.75. The highest BCUT2D eigenvalue weighted by Crippen LogP contribution is 2.66. The molecule has 10 heteroatoms. The molecule has 5 aliphatic rings. The highest BCUT2D eigenvalue weighted by Gasteiger charge is 2.72. The number of hydrogen-bond donors (Lipinski definition) is 3. The first-order valence-corrected chi connectivity index (χ1v) is 18.1. The number of piperidine rings is 1. The van der Waals surface area contributed by atoms with Crippen LogP contribution in [0.1, 0.15) is 92.1 Å². The van der Waals surface area contributed by atoms with E-state index in [2.05, 4.69) is 0 Å². The Hall–Kier alpha value is -2.63. The summed E-state index contributed by atoms with van der Waals surface area (Å²) in [7, 11) is 0. The van der Waals surface area contributed by atoms with Crippen LogP contribution in [-0.2, 0) is 28.6 Å². The number of carbonyl (C=O) groups is 3. The lowest BCUT2D eigenvalue weighted by Gasteiger charge is -2.68. The minimum absolute atomic E-state index is 0.00158. The summed E-state index contributed by atoms with van der Waals surface area (Å²) in [5.74, 6) is -3.40. The van der Waals surface area contributed by atoms with Crippen molar-refractivity contribution in [3.63, 3.8) is 0 Å². The van der Waals surface area contributed by atoms with Gasteiger partial charge in [0.2, 0.25) is 6.10 Å². The minimum Gasteiger partial charge on any atom is -0.455 e. The van der Waals surface area contributed by atoms with E-state index in [1.165, 1.54) is 0 Å². The number of benzene rings is 1. The van der Waals surface area contributed by atoms with E-state index in [-0.39, 0.29) is 25.5 Å². The highest BCUT2D eigenvalue weighted by molar-refractivity contribution is 5.93. The number of nitrogens with zero attached hydrogens (tertiary/aromatic N) is 1. The number of likely N-dealkylation sites (tertiary alicyclic amines) is 1. The molecule has 49 heavy (non-hydrogen) atoms. The van der Waals surface area contributed by atoms with Crippen molar-refractivity contribution in [1.29, 1.82) is 0 Å². The Morgan fingerprint density at radius 1 is 1.06 bits per heavy atom. The molecule has 0 spiro atoms. The van der Waals surface area contributed by atoms with Gasteiger partial charge in [-0.2, -0.15) is 0 Å². The topological polar surface area (TPSA) is 143 Å². The molecule has 1 unspecified atom stereocenters. The molecule has 2 heterocycles. The lowest BCUT2D eigenvalue weighted by molar-refractivity contribution is -0.302. The largest absolute Gasteiger partial charge is 0.455 e. The first kappa shape index (κ1) is 36.2. The Kier molecular flexibility index (Phi) is 9.49. The van der Waals surface area contributed by atoms with Crippen LogP contribution >= 0.6 is 0 Å². The van der Waals surface area contributed by atoms with E-state index in [1.807, 2.05) is 69.9 Å². The molecule has 1 aromatic carbocycles. The summed E-state index contributed by atoms with van der Waals surface area (Å²) in [6, 6.07) is 9.34. The van der Waals surface area contributed by atoms with E-state index < -0.39 is 81.7 Å². The number of fused-ring (bicyclic) bond motifs is 5. The quantitative estimate of drug-likeness (QED) is 0.286. The zero-order valence-corrected chi connectivity index (χ0v) is 30.1. The molecule has 11 atom stereocenters. The van der Waals surface area contributed by atoms with Crippen LogP contribution in [0.4, 0.5) is 0 Å². The molecule has 2 saturated carbocycles. The Bertz CT molecular complexity index is 1490. The molecular formula is C39H55NO9. The Morgan fingerprint density at radius 3 is 2.33 bits per heavy atom. The molecule has 1 aromatic rings. The van der Waals surface area contributed by atoms with E-state index >= 15 is 0 Å². The second-order valence-electron chi connectivity index (χ2n) is 16.6. The predicted octanol–water partition coefficient (Wildman–Crippen LogP) is 3.95. The third-order valence-corrected chi connectivity index (χ3v) is 13.6. The lowest BCUT2D eigenvalue weighted by atomic mass is 9.40. The average Bonchev–Trinajstić information content (AvgIpc) is 3.06. The van der Waals surface area contributed by atoms with Gasteiger partial charge in [0, 0.05) is 29.6 Å². The smallest absolute Gasteiger partial charge is 0.348 e. The van der Waals surface area contributed by atoms with Crippen molar-refractivity contribution in [2.75, 3.05) is 26.2 Å². The van der Waals surface area contributed by atoms with Crippen molar-refractivity contribution in [2.45, 2.75) is 123 Å². The van der Waals surface area contributed by atoms with Crippen LogP contribution < -0.4 is 0 Å². The van der Waals surface area contributed by atoms with Crippen molar-refractivity contribution < 1.29 is 43.9 Å². The fourth-order valence-corrected chi connectivity index (χ4v) is 10.5. The molecular weight excluding hydrogens is 626 g/mol. The zero-order valence-electron chi connectivity index (χ0n) is 30.1. The molecule has 6 rings (SSSR count). The number of Topliss-reactive ketones (excluding diaryl/α,β-unsaturated/α-hetero) is 1. The van der Waals surface area contributed by atoms with E-state index in [4.69, 9.17) is 14.2 Å². The Labute approximate surface area is 290 Å². The summed E-state index contributed by atoms with van der Waals surface area (Å²) in [6.45, 7) is 14.9. The van der Waals surface area contributed by atoms with Crippen LogP contribution in [0.25, 0.3) is 0 Å². The van der Waals surface area contributed by atoms with Gasteiger partial charge >= 0.3 is 11.9 Å². The van der Waals surface area contributed by atoms with Crippen molar-refractivity contribution in [3.8, 4) is 0 Å². The fraction of sp³-hybridized carbons (Fsp3) is 0.718. The van der Waals surface area contributed by atoms with Crippen molar-refractivity contribution in [2.24, 2.45) is 28.1 Å². The first-order valence-electron chi connectivity index (χ1n) is 18.1. The second-order valence-corrected chi connectivity index (χ2v) is 16.6. The summed E-state index contributed by atoms with van der Waals surface area (Å²) < 4.78 is 18.1. The number of esters is 2. The summed E-state index contributed by atoms with van der Waals surface area (Å²) in [5.41, 5.74) is -2.94. The number of aliphatic hydroxyl groups excluding tert-OH is 2. The number of aliphatic hydroxyl groups is 3. The number of ether oxygens (including phenoxy) is 3. The summed E-state index contributed by atoms with van der Waals surface area (Å²) in [5, 5.41) is 36.5. The SMILES string of the molecule is CC1=C2[C@@H](O)C(=O)[C@@]3(C)C([C@H](C)[C@](O)(C[C@@H]1OC(=O)[C@H](OC(=O)CN1CCCCC1)[C@@H](C)c1ccccc1)C2(C)C)[C@]1(C)CO[C@@H]1C[C@@H]3O. The maximum atomic E-state index is 14.5. The van der Waals surface area contributed by atoms with Crippen LogP contribution in [0.3, 0.4) is 0 Å². The van der Waals surface area contributed by atoms with Crippen molar-refractivity contribution in [3.05, 3.63) is 47.0 Å². The van der Waals surface area contributed by atoms with Crippen molar-refractivity contribution in [1.82, 2.24) is 4.90 Å². The van der Waals surface area contributed by atoms with Gasteiger partial charge in [-0.1, -0.05) is 71.4 Å². The van der Waals surface area contributed by atoms with Crippen molar-refractivity contribution >= 4 is 17.7 Å². The van der Waals surface area contributed by atoms with Gasteiger partial charge in [-0.25, -0.2) is 4.79 Å². The summed E-state index contributed by atoms with van der Waals surface area (Å²) in [6.07, 6.45) is -1.85. The van der Waals surface area contributed by atoms with Gasteiger partial charge in [-0.15, -0.1) is 0 Å². The molecule has 10 nitrogen and oxygen atoms in total. The molecule has 2 bridgehead atoms. The van der Waals surface area contributed by atoms with Gasteiger partial charge in [0.15, 0.2) is 5.78 Å². The van der Waals surface area contributed by atoms with E-state index in [0.717, 1.165) is 37.9 Å². The number of carbonyl (C=O) groups excluding carboxylic acids is 3. The molecule has 2 aliphatic heterocycles. The Morgan fingerprint density at radius 2 is 1.71 bits per heavy atom.